The molecule has 5 heteroatoms. The van der Waals surface area contributed by atoms with Crippen molar-refractivity contribution in [3.63, 3.8) is 0 Å². The van der Waals surface area contributed by atoms with Crippen molar-refractivity contribution in [2.45, 2.75) is 11.8 Å². The smallest absolute Gasteiger partial charge is 0.365 e. The number of benzene rings is 1. The van der Waals surface area contributed by atoms with Crippen LogP contribution in [-0.2, 0) is 5.60 Å². The maximum atomic E-state index is 12.3. The Bertz CT molecular complexity index is 355. The lowest BCUT2D eigenvalue weighted by Crippen LogP contribution is -2.40. The van der Waals surface area contributed by atoms with Crippen molar-refractivity contribution in [3.8, 4) is 6.07 Å². The Morgan fingerprint density at radius 1 is 1.14 bits per heavy atom. The molecule has 14 heavy (non-hydrogen) atoms. The van der Waals surface area contributed by atoms with Crippen molar-refractivity contribution in [1.29, 1.82) is 5.26 Å². The standard InChI is InChI=1S/C9H6F3NO/c10-9(11,12)8(14,6-13)7-4-2-1-3-5-7/h1-5,14H/t8-/m0/s1. The Hall–Kier alpha value is -1.54. The minimum absolute atomic E-state index is 0.477. The van der Waals surface area contributed by atoms with Crippen molar-refractivity contribution < 1.29 is 18.3 Å². The topological polar surface area (TPSA) is 44.0 Å². The van der Waals surface area contributed by atoms with E-state index in [0.29, 0.717) is 0 Å². The molecule has 0 unspecified atom stereocenters. The third-order valence-electron chi connectivity index (χ3n) is 1.76. The Balaban J connectivity index is 3.25. The second-order valence-corrected chi connectivity index (χ2v) is 2.69. The van der Waals surface area contributed by atoms with Gasteiger partial charge in [-0.3, -0.25) is 0 Å². The molecule has 0 heterocycles. The quantitative estimate of drug-likeness (QED) is 0.706. The maximum Gasteiger partial charge on any atom is 0.435 e. The summed E-state index contributed by atoms with van der Waals surface area (Å²) in [5.41, 5.74) is -3.90. The summed E-state index contributed by atoms with van der Waals surface area (Å²) >= 11 is 0. The molecule has 1 atom stereocenters. The molecule has 1 N–H and O–H groups in total. The van der Waals surface area contributed by atoms with E-state index in [0.717, 1.165) is 18.2 Å². The molecular formula is C9H6F3NO. The lowest BCUT2D eigenvalue weighted by Gasteiger charge is -2.23. The zero-order valence-corrected chi connectivity index (χ0v) is 6.92. The Kier molecular flexibility index (Phi) is 2.49. The molecule has 0 aliphatic heterocycles. The second kappa shape index (κ2) is 3.31. The highest BCUT2D eigenvalue weighted by Crippen LogP contribution is 2.37. The van der Waals surface area contributed by atoms with Crippen LogP contribution >= 0.6 is 0 Å². The summed E-state index contributed by atoms with van der Waals surface area (Å²) < 4.78 is 37.0. The van der Waals surface area contributed by atoms with Gasteiger partial charge in [0.1, 0.15) is 6.07 Å². The van der Waals surface area contributed by atoms with Gasteiger partial charge in [-0.1, -0.05) is 30.3 Å². The van der Waals surface area contributed by atoms with E-state index in [-0.39, 0.29) is 0 Å². The predicted octanol–water partition coefficient (Wildman–Crippen LogP) is 1.96. The molecule has 1 aromatic carbocycles. The van der Waals surface area contributed by atoms with Crippen molar-refractivity contribution in [2.75, 3.05) is 0 Å². The molecule has 0 saturated heterocycles. The number of rotatable bonds is 1. The number of hydrogen-bond donors (Lipinski definition) is 1. The zero-order chi connectivity index (χ0) is 10.8. The van der Waals surface area contributed by atoms with Crippen LogP contribution in [0.2, 0.25) is 0 Å². The zero-order valence-electron chi connectivity index (χ0n) is 6.92. The highest BCUT2D eigenvalue weighted by molar-refractivity contribution is 5.30. The van der Waals surface area contributed by atoms with Gasteiger partial charge in [0.25, 0.3) is 5.60 Å². The highest BCUT2D eigenvalue weighted by atomic mass is 19.4. The minimum atomic E-state index is -5.00. The van der Waals surface area contributed by atoms with Gasteiger partial charge in [0.05, 0.1) is 0 Å². The van der Waals surface area contributed by atoms with Crippen LogP contribution < -0.4 is 0 Å². The average molecular weight is 201 g/mol. The van der Waals surface area contributed by atoms with E-state index in [4.69, 9.17) is 10.4 Å². The molecule has 0 amide bonds. The molecule has 0 spiro atoms. The van der Waals surface area contributed by atoms with E-state index in [1.54, 1.807) is 0 Å². The van der Waals surface area contributed by atoms with Crippen LogP contribution in [0.4, 0.5) is 13.2 Å². The van der Waals surface area contributed by atoms with E-state index in [9.17, 15) is 13.2 Å². The minimum Gasteiger partial charge on any atom is -0.365 e. The van der Waals surface area contributed by atoms with Gasteiger partial charge in [-0.05, 0) is 0 Å². The number of nitriles is 1. The van der Waals surface area contributed by atoms with Gasteiger partial charge in [-0.15, -0.1) is 0 Å². The summed E-state index contributed by atoms with van der Waals surface area (Å²) in [5.74, 6) is 0. The molecule has 1 aromatic rings. The summed E-state index contributed by atoms with van der Waals surface area (Å²) in [6.07, 6.45) is -5.00. The first-order valence-corrected chi connectivity index (χ1v) is 3.67. The molecule has 0 radical (unpaired) electrons. The molecular weight excluding hydrogens is 195 g/mol. The maximum absolute atomic E-state index is 12.3. The molecule has 1 rings (SSSR count). The van der Waals surface area contributed by atoms with Crippen LogP contribution in [0, 0.1) is 11.3 Å². The second-order valence-electron chi connectivity index (χ2n) is 2.69. The van der Waals surface area contributed by atoms with E-state index < -0.39 is 17.3 Å². The summed E-state index contributed by atoms with van der Waals surface area (Å²) in [6.45, 7) is 0. The molecule has 74 valence electrons. The van der Waals surface area contributed by atoms with Crippen molar-refractivity contribution in [1.82, 2.24) is 0 Å². The van der Waals surface area contributed by atoms with Crippen LogP contribution in [0.5, 0.6) is 0 Å². The summed E-state index contributed by atoms with van der Waals surface area (Å²) in [6, 6.07) is 7.11. The number of halogens is 3. The fourth-order valence-electron chi connectivity index (χ4n) is 0.971. The number of nitrogens with zero attached hydrogens (tertiary/aromatic N) is 1. The lowest BCUT2D eigenvalue weighted by atomic mass is 9.95. The molecule has 0 fully saturated rings. The Labute approximate surface area is 78.2 Å². The predicted molar refractivity (Wildman–Crippen MR) is 42.0 cm³/mol. The molecule has 2 nitrogen and oxygen atoms in total. The Morgan fingerprint density at radius 2 is 1.64 bits per heavy atom. The van der Waals surface area contributed by atoms with Crippen LogP contribution in [-0.4, -0.2) is 11.3 Å². The average Bonchev–Trinajstić information content (AvgIpc) is 2.16. The van der Waals surface area contributed by atoms with Gasteiger partial charge in [-0.25, -0.2) is 0 Å². The Morgan fingerprint density at radius 3 is 2.00 bits per heavy atom. The third-order valence-corrected chi connectivity index (χ3v) is 1.76. The first kappa shape index (κ1) is 10.5. The van der Waals surface area contributed by atoms with Crippen LogP contribution in [0.25, 0.3) is 0 Å². The van der Waals surface area contributed by atoms with Crippen LogP contribution in [0.15, 0.2) is 30.3 Å². The summed E-state index contributed by atoms with van der Waals surface area (Å²) in [5, 5.41) is 17.5. The largest absolute Gasteiger partial charge is 0.435 e. The van der Waals surface area contributed by atoms with E-state index >= 15 is 0 Å². The van der Waals surface area contributed by atoms with Gasteiger partial charge < -0.3 is 5.11 Å². The summed E-state index contributed by atoms with van der Waals surface area (Å²) in [7, 11) is 0. The molecule has 0 bridgehead atoms. The van der Waals surface area contributed by atoms with Gasteiger partial charge in [0.2, 0.25) is 0 Å². The monoisotopic (exact) mass is 201 g/mol. The van der Waals surface area contributed by atoms with Crippen molar-refractivity contribution >= 4 is 0 Å². The number of alkyl halides is 3. The first-order chi connectivity index (χ1) is 6.42. The molecule has 0 saturated carbocycles. The third kappa shape index (κ3) is 1.56. The number of aliphatic hydroxyl groups is 1. The van der Waals surface area contributed by atoms with Gasteiger partial charge in [-0.2, -0.15) is 18.4 Å². The van der Waals surface area contributed by atoms with E-state index in [1.165, 1.54) is 18.2 Å². The fourth-order valence-corrected chi connectivity index (χ4v) is 0.971. The van der Waals surface area contributed by atoms with Crippen molar-refractivity contribution in [3.05, 3.63) is 35.9 Å². The molecule has 0 aliphatic carbocycles. The van der Waals surface area contributed by atoms with E-state index in [1.807, 2.05) is 0 Å². The van der Waals surface area contributed by atoms with Gasteiger partial charge in [0, 0.05) is 5.56 Å². The van der Waals surface area contributed by atoms with Gasteiger partial charge >= 0.3 is 6.18 Å². The fraction of sp³-hybridized carbons (Fsp3) is 0.222. The van der Waals surface area contributed by atoms with Crippen LogP contribution in [0.1, 0.15) is 5.56 Å². The molecule has 0 aliphatic rings. The van der Waals surface area contributed by atoms with Gasteiger partial charge in [0.15, 0.2) is 0 Å². The van der Waals surface area contributed by atoms with E-state index in [2.05, 4.69) is 0 Å². The SMILES string of the molecule is N#C[C@](O)(c1ccccc1)C(F)(F)F. The van der Waals surface area contributed by atoms with Crippen LogP contribution in [0.3, 0.4) is 0 Å². The molecule has 0 aromatic heterocycles. The normalized spacial score (nSPS) is 15.6. The number of hydrogen-bond acceptors (Lipinski definition) is 2. The highest BCUT2D eigenvalue weighted by Gasteiger charge is 2.55. The summed E-state index contributed by atoms with van der Waals surface area (Å²) in [4.78, 5) is 0. The first-order valence-electron chi connectivity index (χ1n) is 3.67. The van der Waals surface area contributed by atoms with Crippen molar-refractivity contribution in [2.24, 2.45) is 0 Å². The lowest BCUT2D eigenvalue weighted by molar-refractivity contribution is -0.241.